The van der Waals surface area contributed by atoms with Crippen molar-refractivity contribution < 1.29 is 4.79 Å². The molecule has 1 aromatic rings. The highest BCUT2D eigenvalue weighted by molar-refractivity contribution is 5.90. The third-order valence-electron chi connectivity index (χ3n) is 2.42. The van der Waals surface area contributed by atoms with Gasteiger partial charge in [0.15, 0.2) is 0 Å². The molecule has 0 spiro atoms. The van der Waals surface area contributed by atoms with E-state index in [9.17, 15) is 4.79 Å². The molecule has 0 aliphatic carbocycles. The van der Waals surface area contributed by atoms with E-state index in [1.807, 2.05) is 43.3 Å². The summed E-state index contributed by atoms with van der Waals surface area (Å²) in [7, 11) is 3.99. The van der Waals surface area contributed by atoms with Crippen LogP contribution in [0.4, 0.5) is 11.4 Å². The number of benzene rings is 1. The Bertz CT molecular complexity index is 330. The zero-order valence-corrected chi connectivity index (χ0v) is 10.3. The van der Waals surface area contributed by atoms with Crippen LogP contribution >= 0.6 is 0 Å². The Hall–Kier alpha value is -1.51. The first-order chi connectivity index (χ1) is 7.63. The summed E-state index contributed by atoms with van der Waals surface area (Å²) in [6.45, 7) is 2.08. The Morgan fingerprint density at radius 3 is 2.38 bits per heavy atom. The Kier molecular flexibility index (Phi) is 4.83. The monoisotopic (exact) mass is 220 g/mol. The highest BCUT2D eigenvalue weighted by atomic mass is 16.1. The second-order valence-corrected chi connectivity index (χ2v) is 4.09. The van der Waals surface area contributed by atoms with Gasteiger partial charge in [0.05, 0.1) is 0 Å². The van der Waals surface area contributed by atoms with Gasteiger partial charge < -0.3 is 10.2 Å². The summed E-state index contributed by atoms with van der Waals surface area (Å²) in [5, 5.41) is 2.89. The maximum Gasteiger partial charge on any atom is 0.224 e. The number of nitrogens with one attached hydrogen (secondary N) is 1. The first-order valence-corrected chi connectivity index (χ1v) is 5.70. The van der Waals surface area contributed by atoms with Gasteiger partial charge in [0.1, 0.15) is 0 Å². The molecule has 0 aliphatic heterocycles. The van der Waals surface area contributed by atoms with Gasteiger partial charge in [-0.15, -0.1) is 0 Å². The zero-order chi connectivity index (χ0) is 12.0. The number of carbonyl (C=O) groups is 1. The van der Waals surface area contributed by atoms with Gasteiger partial charge in [-0.3, -0.25) is 4.79 Å². The van der Waals surface area contributed by atoms with Crippen LogP contribution in [0.15, 0.2) is 24.3 Å². The summed E-state index contributed by atoms with van der Waals surface area (Å²) in [5.74, 6) is 0.0967. The van der Waals surface area contributed by atoms with Crippen LogP contribution in [-0.2, 0) is 4.79 Å². The van der Waals surface area contributed by atoms with Crippen LogP contribution in [0.2, 0.25) is 0 Å². The molecule has 0 bridgehead atoms. The zero-order valence-electron chi connectivity index (χ0n) is 10.3. The van der Waals surface area contributed by atoms with Crippen molar-refractivity contribution in [2.24, 2.45) is 0 Å². The minimum absolute atomic E-state index is 0.0967. The summed E-state index contributed by atoms with van der Waals surface area (Å²) in [6, 6.07) is 7.85. The smallest absolute Gasteiger partial charge is 0.224 e. The Labute approximate surface area is 97.5 Å². The van der Waals surface area contributed by atoms with E-state index in [-0.39, 0.29) is 5.91 Å². The lowest BCUT2D eigenvalue weighted by atomic mass is 10.2. The lowest BCUT2D eigenvalue weighted by molar-refractivity contribution is -0.116. The number of anilines is 2. The number of amides is 1. The molecule has 0 saturated carbocycles. The fourth-order valence-corrected chi connectivity index (χ4v) is 1.40. The minimum Gasteiger partial charge on any atom is -0.378 e. The van der Waals surface area contributed by atoms with E-state index in [0.29, 0.717) is 6.42 Å². The summed E-state index contributed by atoms with van der Waals surface area (Å²) >= 11 is 0. The fourth-order valence-electron chi connectivity index (χ4n) is 1.40. The molecule has 0 aliphatic rings. The molecule has 0 saturated heterocycles. The van der Waals surface area contributed by atoms with Crippen molar-refractivity contribution >= 4 is 17.3 Å². The predicted molar refractivity (Wildman–Crippen MR) is 68.9 cm³/mol. The second kappa shape index (κ2) is 6.16. The molecule has 3 heteroatoms. The molecule has 3 nitrogen and oxygen atoms in total. The Morgan fingerprint density at radius 1 is 1.25 bits per heavy atom. The molecule has 1 rings (SSSR count). The Balaban J connectivity index is 2.51. The predicted octanol–water partition coefficient (Wildman–Crippen LogP) is 2.88. The normalized spacial score (nSPS) is 9.94. The van der Waals surface area contributed by atoms with Crippen molar-refractivity contribution in [2.45, 2.75) is 26.2 Å². The standard InChI is InChI=1S/C13H20N2O/c1-4-5-6-13(16)14-11-7-9-12(10-8-11)15(2)3/h7-10H,4-6H2,1-3H3,(H,14,16). The van der Waals surface area contributed by atoms with Crippen LogP contribution in [0.5, 0.6) is 0 Å². The van der Waals surface area contributed by atoms with E-state index in [1.54, 1.807) is 0 Å². The molecule has 1 amide bonds. The van der Waals surface area contributed by atoms with E-state index >= 15 is 0 Å². The molecule has 0 radical (unpaired) electrons. The van der Waals surface area contributed by atoms with Gasteiger partial charge in [0.2, 0.25) is 5.91 Å². The van der Waals surface area contributed by atoms with Crippen molar-refractivity contribution in [3.05, 3.63) is 24.3 Å². The largest absolute Gasteiger partial charge is 0.378 e. The van der Waals surface area contributed by atoms with Crippen molar-refractivity contribution in [1.29, 1.82) is 0 Å². The molecule has 16 heavy (non-hydrogen) atoms. The van der Waals surface area contributed by atoms with E-state index in [2.05, 4.69) is 12.2 Å². The lowest BCUT2D eigenvalue weighted by Crippen LogP contribution is -2.12. The van der Waals surface area contributed by atoms with E-state index in [1.165, 1.54) is 0 Å². The van der Waals surface area contributed by atoms with Crippen molar-refractivity contribution in [3.8, 4) is 0 Å². The molecule has 88 valence electrons. The first kappa shape index (κ1) is 12.6. The van der Waals surface area contributed by atoms with Gasteiger partial charge in [-0.1, -0.05) is 13.3 Å². The molecule has 0 unspecified atom stereocenters. The van der Waals surface area contributed by atoms with E-state index < -0.39 is 0 Å². The number of carbonyl (C=O) groups excluding carboxylic acids is 1. The second-order valence-electron chi connectivity index (χ2n) is 4.09. The van der Waals surface area contributed by atoms with Gasteiger partial charge in [-0.05, 0) is 30.7 Å². The number of nitrogens with zero attached hydrogens (tertiary/aromatic N) is 1. The third-order valence-corrected chi connectivity index (χ3v) is 2.42. The van der Waals surface area contributed by atoms with Gasteiger partial charge in [-0.25, -0.2) is 0 Å². The number of hydrogen-bond acceptors (Lipinski definition) is 2. The average Bonchev–Trinajstić information content (AvgIpc) is 2.27. The summed E-state index contributed by atoms with van der Waals surface area (Å²) in [5.41, 5.74) is 2.00. The average molecular weight is 220 g/mol. The van der Waals surface area contributed by atoms with Crippen LogP contribution in [0, 0.1) is 0 Å². The van der Waals surface area contributed by atoms with Gasteiger partial charge >= 0.3 is 0 Å². The summed E-state index contributed by atoms with van der Waals surface area (Å²) in [6.07, 6.45) is 2.60. The topological polar surface area (TPSA) is 32.3 Å². The molecule has 0 heterocycles. The molecule has 0 fully saturated rings. The number of unbranched alkanes of at least 4 members (excludes halogenated alkanes) is 1. The van der Waals surface area contributed by atoms with Crippen molar-refractivity contribution in [2.75, 3.05) is 24.3 Å². The molecular formula is C13H20N2O. The summed E-state index contributed by atoms with van der Waals surface area (Å²) in [4.78, 5) is 13.5. The van der Waals surface area contributed by atoms with E-state index in [0.717, 1.165) is 24.2 Å². The minimum atomic E-state index is 0.0967. The van der Waals surface area contributed by atoms with E-state index in [4.69, 9.17) is 0 Å². The third kappa shape index (κ3) is 3.93. The van der Waals surface area contributed by atoms with Gasteiger partial charge in [-0.2, -0.15) is 0 Å². The van der Waals surface area contributed by atoms with Crippen LogP contribution in [0.3, 0.4) is 0 Å². The highest BCUT2D eigenvalue weighted by Crippen LogP contribution is 2.15. The highest BCUT2D eigenvalue weighted by Gasteiger charge is 2.01. The van der Waals surface area contributed by atoms with Crippen LogP contribution in [0.1, 0.15) is 26.2 Å². The number of rotatable bonds is 5. The molecule has 0 atom stereocenters. The summed E-state index contributed by atoms with van der Waals surface area (Å²) < 4.78 is 0. The lowest BCUT2D eigenvalue weighted by Gasteiger charge is -2.13. The SMILES string of the molecule is CCCCC(=O)Nc1ccc(N(C)C)cc1. The molecular weight excluding hydrogens is 200 g/mol. The van der Waals surface area contributed by atoms with Gasteiger partial charge in [0, 0.05) is 31.9 Å². The fraction of sp³-hybridized carbons (Fsp3) is 0.462. The van der Waals surface area contributed by atoms with Crippen molar-refractivity contribution in [1.82, 2.24) is 0 Å². The first-order valence-electron chi connectivity index (χ1n) is 5.70. The Morgan fingerprint density at radius 2 is 1.88 bits per heavy atom. The number of hydrogen-bond donors (Lipinski definition) is 1. The maximum absolute atomic E-state index is 11.5. The molecule has 0 aromatic heterocycles. The van der Waals surface area contributed by atoms with Gasteiger partial charge in [0.25, 0.3) is 0 Å². The van der Waals surface area contributed by atoms with Crippen molar-refractivity contribution in [3.63, 3.8) is 0 Å². The molecule has 1 N–H and O–H groups in total. The van der Waals surface area contributed by atoms with Crippen LogP contribution in [-0.4, -0.2) is 20.0 Å². The quantitative estimate of drug-likeness (QED) is 0.827. The molecule has 1 aromatic carbocycles. The van der Waals surface area contributed by atoms with Crippen LogP contribution in [0.25, 0.3) is 0 Å². The maximum atomic E-state index is 11.5. The van der Waals surface area contributed by atoms with Crippen LogP contribution < -0.4 is 10.2 Å².